The highest BCUT2D eigenvalue weighted by atomic mass is 32.1. The Bertz CT molecular complexity index is 1030. The molecule has 1 atom stereocenters. The Hall–Kier alpha value is -2.20. The fraction of sp³-hybridized carbons (Fsp3) is 0.545. The van der Waals surface area contributed by atoms with Gasteiger partial charge in [0.25, 0.3) is 0 Å². The van der Waals surface area contributed by atoms with Crippen LogP contribution in [0.1, 0.15) is 49.0 Å². The van der Waals surface area contributed by atoms with Gasteiger partial charge in [0.2, 0.25) is 10.8 Å². The molecule has 8 nitrogen and oxygen atoms in total. The van der Waals surface area contributed by atoms with Crippen LogP contribution in [0.25, 0.3) is 4.96 Å². The van der Waals surface area contributed by atoms with E-state index in [1.54, 1.807) is 4.52 Å². The second-order valence-corrected chi connectivity index (χ2v) is 8.92. The average Bonchev–Trinajstić information content (AvgIpc) is 3.49. The van der Waals surface area contributed by atoms with Gasteiger partial charge in [-0.05, 0) is 24.6 Å². The Morgan fingerprint density at radius 3 is 2.48 bits per heavy atom. The fourth-order valence-electron chi connectivity index (χ4n) is 4.47. The number of likely N-dealkylation sites (tertiary alicyclic amines) is 1. The van der Waals surface area contributed by atoms with Crippen molar-refractivity contribution in [3.63, 3.8) is 0 Å². The maximum atomic E-state index is 11.1. The summed E-state index contributed by atoms with van der Waals surface area (Å²) in [6.07, 6.45) is 2.35. The van der Waals surface area contributed by atoms with Gasteiger partial charge in [-0.1, -0.05) is 30.4 Å². The van der Waals surface area contributed by atoms with Crippen LogP contribution in [-0.4, -0.2) is 63.3 Å². The monoisotopic (exact) mass is 444 g/mol. The van der Waals surface area contributed by atoms with Crippen LogP contribution in [0, 0.1) is 0 Å². The Balaban J connectivity index is 1.50. The van der Waals surface area contributed by atoms with E-state index >= 15 is 0 Å². The highest BCUT2D eigenvalue weighted by Crippen LogP contribution is 2.43. The van der Waals surface area contributed by atoms with E-state index in [0.717, 1.165) is 59.3 Å². The molecule has 1 aromatic carbocycles. The molecule has 0 bridgehead atoms. The zero-order valence-electron chi connectivity index (χ0n) is 17.9. The minimum Gasteiger partial charge on any atom is -0.494 e. The molecule has 2 fully saturated rings. The second-order valence-electron chi connectivity index (χ2n) is 7.91. The summed E-state index contributed by atoms with van der Waals surface area (Å²) in [4.78, 5) is 8.52. The maximum absolute atomic E-state index is 11.1. The van der Waals surface area contributed by atoms with Crippen LogP contribution >= 0.6 is 11.3 Å². The maximum Gasteiger partial charge on any atom is 0.230 e. The first-order chi connectivity index (χ1) is 15.1. The molecule has 1 unspecified atom stereocenters. The van der Waals surface area contributed by atoms with E-state index in [1.165, 1.54) is 11.3 Å². The topological polar surface area (TPSA) is 81.4 Å². The van der Waals surface area contributed by atoms with Crippen molar-refractivity contribution in [2.45, 2.75) is 44.9 Å². The molecule has 1 spiro atoms. The summed E-state index contributed by atoms with van der Waals surface area (Å²) >= 11 is 1.50. The molecule has 5 rings (SSSR count). The number of hydrogen-bond acceptors (Lipinski definition) is 8. The van der Waals surface area contributed by atoms with Gasteiger partial charge in [-0.25, -0.2) is 4.98 Å². The number of rotatable bonds is 6. The number of benzene rings is 1. The minimum absolute atomic E-state index is 0.104. The first-order valence-electron chi connectivity index (χ1n) is 10.9. The Labute approximate surface area is 185 Å². The van der Waals surface area contributed by atoms with Gasteiger partial charge in [0, 0.05) is 32.4 Å². The van der Waals surface area contributed by atoms with Crippen molar-refractivity contribution in [1.82, 2.24) is 19.5 Å². The van der Waals surface area contributed by atoms with Gasteiger partial charge in [0.1, 0.15) is 5.75 Å². The van der Waals surface area contributed by atoms with Crippen LogP contribution in [-0.2, 0) is 15.9 Å². The number of thiazole rings is 1. The van der Waals surface area contributed by atoms with Crippen LogP contribution in [0.4, 0.5) is 0 Å². The molecular formula is C22H28N4O4S. The normalized spacial score (nSPS) is 19.9. The predicted octanol–water partition coefficient (Wildman–Crippen LogP) is 3.39. The number of piperidine rings is 1. The van der Waals surface area contributed by atoms with Crippen molar-refractivity contribution in [2.75, 3.05) is 32.9 Å². The van der Waals surface area contributed by atoms with Gasteiger partial charge in [0.05, 0.1) is 30.7 Å². The molecule has 2 aromatic heterocycles. The summed E-state index contributed by atoms with van der Waals surface area (Å²) in [5.41, 5.74) is 1.10. The van der Waals surface area contributed by atoms with Crippen molar-refractivity contribution in [1.29, 1.82) is 0 Å². The Morgan fingerprint density at radius 2 is 1.87 bits per heavy atom. The van der Waals surface area contributed by atoms with Crippen molar-refractivity contribution in [3.05, 3.63) is 40.5 Å². The van der Waals surface area contributed by atoms with Crippen LogP contribution in [0.15, 0.2) is 24.3 Å². The van der Waals surface area contributed by atoms with Gasteiger partial charge < -0.3 is 19.3 Å². The molecule has 2 aliphatic rings. The number of hydrogen-bond donors (Lipinski definition) is 1. The number of fused-ring (bicyclic) bond motifs is 1. The Morgan fingerprint density at radius 1 is 1.16 bits per heavy atom. The van der Waals surface area contributed by atoms with Crippen LogP contribution in [0.2, 0.25) is 0 Å². The quantitative estimate of drug-likeness (QED) is 0.624. The summed E-state index contributed by atoms with van der Waals surface area (Å²) in [6, 6.07) is 8.03. The fourth-order valence-corrected chi connectivity index (χ4v) is 5.60. The van der Waals surface area contributed by atoms with Crippen molar-refractivity contribution in [3.8, 4) is 11.6 Å². The molecule has 166 valence electrons. The van der Waals surface area contributed by atoms with Gasteiger partial charge in [-0.15, -0.1) is 5.10 Å². The Kier molecular flexibility index (Phi) is 5.60. The molecule has 9 heteroatoms. The summed E-state index contributed by atoms with van der Waals surface area (Å²) in [7, 11) is 0. The number of nitrogens with zero attached hydrogens (tertiary/aromatic N) is 4. The highest BCUT2D eigenvalue weighted by molar-refractivity contribution is 7.17. The summed E-state index contributed by atoms with van der Waals surface area (Å²) in [5.74, 6) is 1.31. The van der Waals surface area contributed by atoms with Crippen molar-refractivity contribution in [2.24, 2.45) is 0 Å². The molecule has 0 radical (unpaired) electrons. The number of aryl methyl sites for hydroxylation is 1. The van der Waals surface area contributed by atoms with E-state index in [0.29, 0.717) is 19.8 Å². The molecule has 2 saturated heterocycles. The lowest BCUT2D eigenvalue weighted by molar-refractivity contribution is -0.187. The van der Waals surface area contributed by atoms with Crippen LogP contribution in [0.3, 0.4) is 0 Å². The van der Waals surface area contributed by atoms with Crippen molar-refractivity contribution < 1.29 is 19.3 Å². The van der Waals surface area contributed by atoms with Gasteiger partial charge >= 0.3 is 0 Å². The highest BCUT2D eigenvalue weighted by Gasteiger charge is 2.42. The number of aromatic nitrogens is 3. The zero-order valence-corrected chi connectivity index (χ0v) is 18.7. The number of aromatic hydroxyl groups is 1. The molecule has 4 heterocycles. The first-order valence-corrected chi connectivity index (χ1v) is 11.8. The lowest BCUT2D eigenvalue weighted by Gasteiger charge is -2.41. The summed E-state index contributed by atoms with van der Waals surface area (Å²) in [6.45, 7) is 7.57. The molecule has 0 aliphatic carbocycles. The van der Waals surface area contributed by atoms with E-state index in [-0.39, 0.29) is 11.9 Å². The van der Waals surface area contributed by atoms with Gasteiger partial charge in [0.15, 0.2) is 11.6 Å². The first kappa shape index (κ1) is 20.7. The van der Waals surface area contributed by atoms with E-state index in [1.807, 2.05) is 26.0 Å². The van der Waals surface area contributed by atoms with Crippen molar-refractivity contribution >= 4 is 16.3 Å². The summed E-state index contributed by atoms with van der Waals surface area (Å²) in [5, 5.41) is 15.5. The lowest BCUT2D eigenvalue weighted by atomic mass is 9.97. The molecule has 0 saturated carbocycles. The van der Waals surface area contributed by atoms with E-state index in [9.17, 15) is 5.11 Å². The largest absolute Gasteiger partial charge is 0.494 e. The third-order valence-corrected chi connectivity index (χ3v) is 7.13. The molecule has 0 amide bonds. The zero-order chi connectivity index (χ0) is 21.4. The molecule has 2 aliphatic heterocycles. The van der Waals surface area contributed by atoms with Gasteiger partial charge in [-0.3, -0.25) is 4.90 Å². The average molecular weight is 445 g/mol. The predicted molar refractivity (Wildman–Crippen MR) is 117 cm³/mol. The van der Waals surface area contributed by atoms with E-state index in [2.05, 4.69) is 27.1 Å². The smallest absolute Gasteiger partial charge is 0.230 e. The SMILES string of the molecule is CCOc1ccc(C(c2sc3nc(CC)nn3c2O)N2CCC3(CC2)OCCO3)cc1. The molecule has 1 N–H and O–H groups in total. The number of ether oxygens (including phenoxy) is 3. The van der Waals surface area contributed by atoms with Gasteiger partial charge in [-0.2, -0.15) is 4.52 Å². The van der Waals surface area contributed by atoms with E-state index in [4.69, 9.17) is 14.2 Å². The second kappa shape index (κ2) is 8.38. The van der Waals surface area contributed by atoms with E-state index < -0.39 is 5.79 Å². The minimum atomic E-state index is -0.441. The van der Waals surface area contributed by atoms with Crippen LogP contribution < -0.4 is 4.74 Å². The van der Waals surface area contributed by atoms with Crippen LogP contribution in [0.5, 0.6) is 11.6 Å². The lowest BCUT2D eigenvalue weighted by Crippen LogP contribution is -2.46. The third kappa shape index (κ3) is 3.80. The molecular weight excluding hydrogens is 416 g/mol. The molecule has 31 heavy (non-hydrogen) atoms. The molecule has 3 aromatic rings. The third-order valence-electron chi connectivity index (χ3n) is 6.05. The standard InChI is InChI=1S/C22H28N4O4S/c1-3-17-23-21-26(24-17)20(27)19(31-21)18(15-5-7-16(8-6-15)28-4-2)25-11-9-22(10-12-25)29-13-14-30-22/h5-8,18,27H,3-4,9-14H2,1-2H3. The summed E-state index contributed by atoms with van der Waals surface area (Å²) < 4.78 is 19.0.